The molecule has 0 saturated heterocycles. The highest BCUT2D eigenvalue weighted by Gasteiger charge is 2.21. The molecule has 0 fully saturated rings. The van der Waals surface area contributed by atoms with Gasteiger partial charge in [-0.1, -0.05) is 18.5 Å². The second kappa shape index (κ2) is 6.11. The molecule has 0 spiro atoms. The lowest BCUT2D eigenvalue weighted by molar-refractivity contribution is 0.587. The summed E-state index contributed by atoms with van der Waals surface area (Å²) in [6.45, 7) is 1.73. The molecule has 0 aliphatic carbocycles. The summed E-state index contributed by atoms with van der Waals surface area (Å²) in [5, 5.41) is 0.00731. The van der Waals surface area contributed by atoms with Gasteiger partial charge in [0.1, 0.15) is 0 Å². The smallest absolute Gasteiger partial charge is 0.180 e. The predicted molar refractivity (Wildman–Crippen MR) is 76.9 cm³/mol. The molecule has 108 valence electrons. The quantitative estimate of drug-likeness (QED) is 0.800. The highest BCUT2D eigenvalue weighted by molar-refractivity contribution is 7.95. The van der Waals surface area contributed by atoms with Gasteiger partial charge in [0.2, 0.25) is 0 Å². The molecule has 0 aliphatic rings. The summed E-state index contributed by atoms with van der Waals surface area (Å²) in [6, 6.07) is 4.04. The maximum Gasteiger partial charge on any atom is 0.180 e. The summed E-state index contributed by atoms with van der Waals surface area (Å²) >= 11 is 5.82. The number of nitrogens with two attached hydrogens (primary N) is 1. The van der Waals surface area contributed by atoms with Crippen molar-refractivity contribution in [2.24, 2.45) is 0 Å². The molecule has 0 unspecified atom stereocenters. The molecule has 0 bridgehead atoms. The SMILES string of the molecule is CCCS(=O)(=O)CCS(=O)(=O)c1ccc(N)cc1Cl. The zero-order chi connectivity index (χ0) is 14.7. The molecule has 2 N–H and O–H groups in total. The monoisotopic (exact) mass is 325 g/mol. The van der Waals surface area contributed by atoms with Crippen molar-refractivity contribution in [2.45, 2.75) is 18.2 Å². The number of hydrogen-bond donors (Lipinski definition) is 1. The van der Waals surface area contributed by atoms with Gasteiger partial charge in [0, 0.05) is 11.4 Å². The van der Waals surface area contributed by atoms with Crippen LogP contribution in [-0.4, -0.2) is 34.1 Å². The third-order valence-electron chi connectivity index (χ3n) is 2.47. The summed E-state index contributed by atoms with van der Waals surface area (Å²) in [5.74, 6) is -0.888. The van der Waals surface area contributed by atoms with Crippen molar-refractivity contribution in [3.8, 4) is 0 Å². The molecule has 1 aromatic carbocycles. The molecule has 0 saturated carbocycles. The first-order chi connectivity index (χ1) is 8.68. The lowest BCUT2D eigenvalue weighted by Gasteiger charge is -2.07. The van der Waals surface area contributed by atoms with Crippen LogP contribution in [0.25, 0.3) is 0 Å². The van der Waals surface area contributed by atoms with E-state index >= 15 is 0 Å². The van der Waals surface area contributed by atoms with E-state index in [2.05, 4.69) is 0 Å². The van der Waals surface area contributed by atoms with E-state index in [1.165, 1.54) is 18.2 Å². The first kappa shape index (κ1) is 16.3. The summed E-state index contributed by atoms with van der Waals surface area (Å²) in [6.07, 6.45) is 0.463. The van der Waals surface area contributed by atoms with Gasteiger partial charge >= 0.3 is 0 Å². The summed E-state index contributed by atoms with van der Waals surface area (Å²) in [7, 11) is -7.07. The molecule has 1 aromatic rings. The van der Waals surface area contributed by atoms with Gasteiger partial charge in [0.25, 0.3) is 0 Å². The van der Waals surface area contributed by atoms with Gasteiger partial charge in [0.15, 0.2) is 19.7 Å². The van der Waals surface area contributed by atoms with Crippen molar-refractivity contribution in [3.63, 3.8) is 0 Å². The van der Waals surface area contributed by atoms with Crippen molar-refractivity contribution in [3.05, 3.63) is 23.2 Å². The maximum absolute atomic E-state index is 12.0. The summed E-state index contributed by atoms with van der Waals surface area (Å²) in [5.41, 5.74) is 5.83. The number of benzene rings is 1. The Morgan fingerprint density at radius 1 is 1.11 bits per heavy atom. The Balaban J connectivity index is 2.94. The molecule has 19 heavy (non-hydrogen) atoms. The van der Waals surface area contributed by atoms with E-state index in [1.54, 1.807) is 6.92 Å². The molecule has 5 nitrogen and oxygen atoms in total. The number of nitrogen functional groups attached to an aromatic ring is 1. The zero-order valence-electron chi connectivity index (χ0n) is 10.5. The van der Waals surface area contributed by atoms with Gasteiger partial charge in [-0.2, -0.15) is 0 Å². The van der Waals surface area contributed by atoms with Crippen molar-refractivity contribution in [2.75, 3.05) is 23.0 Å². The molecule has 0 aliphatic heterocycles. The molecule has 0 amide bonds. The molecule has 0 atom stereocenters. The summed E-state index contributed by atoms with van der Waals surface area (Å²) < 4.78 is 47.1. The van der Waals surface area contributed by atoms with Gasteiger partial charge < -0.3 is 5.73 Å². The van der Waals surface area contributed by atoms with E-state index in [-0.39, 0.29) is 15.7 Å². The van der Waals surface area contributed by atoms with Crippen molar-refractivity contribution in [1.82, 2.24) is 0 Å². The first-order valence-corrected chi connectivity index (χ1v) is 9.51. The van der Waals surface area contributed by atoms with E-state index in [0.29, 0.717) is 12.1 Å². The second-order valence-electron chi connectivity index (χ2n) is 4.16. The number of anilines is 1. The third kappa shape index (κ3) is 4.67. The Morgan fingerprint density at radius 3 is 2.26 bits per heavy atom. The first-order valence-electron chi connectivity index (χ1n) is 5.66. The number of halogens is 1. The van der Waals surface area contributed by atoms with Crippen LogP contribution in [0.3, 0.4) is 0 Å². The van der Waals surface area contributed by atoms with E-state index in [9.17, 15) is 16.8 Å². The second-order valence-corrected chi connectivity index (χ2v) is 8.95. The van der Waals surface area contributed by atoms with Crippen LogP contribution in [0.1, 0.15) is 13.3 Å². The minimum Gasteiger partial charge on any atom is -0.399 e. The van der Waals surface area contributed by atoms with Crippen LogP contribution in [0.15, 0.2) is 23.1 Å². The Labute approximate surface area is 118 Å². The van der Waals surface area contributed by atoms with Crippen LogP contribution in [0.5, 0.6) is 0 Å². The normalized spacial score (nSPS) is 12.5. The zero-order valence-corrected chi connectivity index (χ0v) is 12.9. The van der Waals surface area contributed by atoms with E-state index in [1.807, 2.05) is 0 Å². The lowest BCUT2D eigenvalue weighted by Crippen LogP contribution is -2.19. The van der Waals surface area contributed by atoms with Crippen LogP contribution >= 0.6 is 11.6 Å². The van der Waals surface area contributed by atoms with Crippen LogP contribution in [0.2, 0.25) is 5.02 Å². The Hall–Kier alpha value is -0.790. The molecular weight excluding hydrogens is 310 g/mol. The van der Waals surface area contributed by atoms with Gasteiger partial charge in [-0.05, 0) is 24.6 Å². The predicted octanol–water partition coefficient (Wildman–Crippen LogP) is 1.52. The van der Waals surface area contributed by atoms with E-state index in [4.69, 9.17) is 17.3 Å². The van der Waals surface area contributed by atoms with Crippen LogP contribution in [0.4, 0.5) is 5.69 Å². The van der Waals surface area contributed by atoms with Crippen LogP contribution in [-0.2, 0) is 19.7 Å². The summed E-state index contributed by atoms with van der Waals surface area (Å²) in [4.78, 5) is -0.0879. The minimum absolute atomic E-state index is 0.00731. The van der Waals surface area contributed by atoms with Gasteiger partial charge in [-0.25, -0.2) is 16.8 Å². The highest BCUT2D eigenvalue weighted by Crippen LogP contribution is 2.24. The fourth-order valence-electron chi connectivity index (χ4n) is 1.53. The fourth-order valence-corrected chi connectivity index (χ4v) is 5.64. The standard InChI is InChI=1S/C11H16ClNO4S2/c1-2-5-18(14,15)6-7-19(16,17)11-4-3-9(13)8-10(11)12/h3-4,8H,2,5-7,13H2,1H3. The average Bonchev–Trinajstić information content (AvgIpc) is 2.26. The van der Waals surface area contributed by atoms with Crippen molar-refractivity contribution >= 4 is 37.0 Å². The minimum atomic E-state index is -3.73. The molecule has 0 heterocycles. The molecular formula is C11H16ClNO4S2. The number of sulfone groups is 2. The van der Waals surface area contributed by atoms with Crippen LogP contribution < -0.4 is 5.73 Å². The molecule has 0 radical (unpaired) electrons. The highest BCUT2D eigenvalue weighted by atomic mass is 35.5. The Kier molecular flexibility index (Phi) is 5.23. The average molecular weight is 326 g/mol. The number of hydrogen-bond acceptors (Lipinski definition) is 5. The lowest BCUT2D eigenvalue weighted by atomic mass is 10.3. The topological polar surface area (TPSA) is 94.3 Å². The van der Waals surface area contributed by atoms with Crippen molar-refractivity contribution < 1.29 is 16.8 Å². The third-order valence-corrected chi connectivity index (χ3v) is 6.78. The maximum atomic E-state index is 12.0. The van der Waals surface area contributed by atoms with E-state index in [0.717, 1.165) is 0 Å². The Bertz CT molecular complexity index is 653. The van der Waals surface area contributed by atoms with Crippen LogP contribution in [0, 0.1) is 0 Å². The van der Waals surface area contributed by atoms with Gasteiger partial charge in [-0.3, -0.25) is 0 Å². The molecule has 0 aromatic heterocycles. The van der Waals surface area contributed by atoms with Gasteiger partial charge in [0.05, 0.1) is 21.4 Å². The van der Waals surface area contributed by atoms with E-state index < -0.39 is 31.2 Å². The molecule has 8 heteroatoms. The van der Waals surface area contributed by atoms with Crippen molar-refractivity contribution in [1.29, 1.82) is 0 Å². The van der Waals surface area contributed by atoms with Gasteiger partial charge in [-0.15, -0.1) is 0 Å². The molecule has 1 rings (SSSR count). The fraction of sp³-hybridized carbons (Fsp3) is 0.455. The number of rotatable bonds is 6. The largest absolute Gasteiger partial charge is 0.399 e. The Morgan fingerprint density at radius 2 is 1.74 bits per heavy atom.